The van der Waals surface area contributed by atoms with Gasteiger partial charge >= 0.3 is 0 Å². The van der Waals surface area contributed by atoms with Gasteiger partial charge in [-0.2, -0.15) is 0 Å². The Balaban J connectivity index is 3.67. The van der Waals surface area contributed by atoms with Crippen molar-refractivity contribution < 1.29 is 20.1 Å². The Morgan fingerprint density at radius 3 is 1.22 bits per heavy atom. The number of carbonyl (C=O) groups excluding carboxylic acids is 1. The van der Waals surface area contributed by atoms with Gasteiger partial charge in [0.1, 0.15) is 6.10 Å². The lowest BCUT2D eigenvalue weighted by atomic mass is 10.0. The Kier molecular flexibility index (Phi) is 39.2. The van der Waals surface area contributed by atoms with Crippen LogP contribution in [0.3, 0.4) is 0 Å². The fourth-order valence-corrected chi connectivity index (χ4v) is 6.51. The Morgan fingerprint density at radius 2 is 0.820 bits per heavy atom. The zero-order valence-electron chi connectivity index (χ0n) is 33.3. The van der Waals surface area contributed by atoms with E-state index in [-0.39, 0.29) is 6.61 Å². The molecule has 3 atom stereocenters. The smallest absolute Gasteiger partial charge is 0.249 e. The second kappa shape index (κ2) is 40.3. The highest BCUT2D eigenvalue weighted by Crippen LogP contribution is 2.16. The minimum absolute atomic E-state index is 0.380. The molecule has 0 bridgehead atoms. The SMILES string of the molecule is CCCCCC/C=C/CC/C=C/CC/C=C/C(O)C(CO)NC(=O)C(O)CCCCCCCCCCCCCCCCCCCCCCCC. The molecule has 0 rings (SSSR count). The lowest BCUT2D eigenvalue weighted by Gasteiger charge is -2.21. The van der Waals surface area contributed by atoms with Crippen LogP contribution >= 0.6 is 0 Å². The number of aliphatic hydroxyl groups is 3. The highest BCUT2D eigenvalue weighted by molar-refractivity contribution is 5.80. The van der Waals surface area contributed by atoms with Crippen molar-refractivity contribution in [3.05, 3.63) is 36.5 Å². The van der Waals surface area contributed by atoms with E-state index in [4.69, 9.17) is 0 Å². The van der Waals surface area contributed by atoms with Crippen LogP contribution in [-0.2, 0) is 4.79 Å². The van der Waals surface area contributed by atoms with E-state index in [1.54, 1.807) is 6.08 Å². The van der Waals surface area contributed by atoms with Gasteiger partial charge in [-0.05, 0) is 44.9 Å². The van der Waals surface area contributed by atoms with Gasteiger partial charge in [-0.15, -0.1) is 0 Å². The van der Waals surface area contributed by atoms with Gasteiger partial charge in [-0.1, -0.05) is 211 Å². The molecule has 0 saturated heterocycles. The summed E-state index contributed by atoms with van der Waals surface area (Å²) < 4.78 is 0. The Morgan fingerprint density at radius 1 is 0.480 bits per heavy atom. The molecule has 50 heavy (non-hydrogen) atoms. The summed E-state index contributed by atoms with van der Waals surface area (Å²) in [6, 6.07) is -0.817. The number of rotatable bonds is 39. The van der Waals surface area contributed by atoms with Crippen LogP contribution in [-0.4, -0.2) is 46.1 Å². The molecule has 0 aliphatic heterocycles. The van der Waals surface area contributed by atoms with E-state index in [1.807, 2.05) is 6.08 Å². The first-order chi connectivity index (χ1) is 24.6. The molecule has 0 aliphatic carbocycles. The lowest BCUT2D eigenvalue weighted by Crippen LogP contribution is -2.48. The molecule has 5 heteroatoms. The first-order valence-electron chi connectivity index (χ1n) is 21.8. The summed E-state index contributed by atoms with van der Waals surface area (Å²) in [7, 11) is 0. The zero-order chi connectivity index (χ0) is 36.6. The largest absolute Gasteiger partial charge is 0.394 e. The average molecular weight is 704 g/mol. The third kappa shape index (κ3) is 35.0. The maximum absolute atomic E-state index is 12.4. The van der Waals surface area contributed by atoms with Crippen molar-refractivity contribution in [2.45, 2.75) is 238 Å². The van der Waals surface area contributed by atoms with Crippen LogP contribution < -0.4 is 5.32 Å². The normalized spacial score (nSPS) is 13.9. The molecule has 0 aromatic rings. The van der Waals surface area contributed by atoms with Crippen molar-refractivity contribution in [3.8, 4) is 0 Å². The molecule has 1 amide bonds. The topological polar surface area (TPSA) is 89.8 Å². The van der Waals surface area contributed by atoms with Crippen molar-refractivity contribution in [3.63, 3.8) is 0 Å². The summed E-state index contributed by atoms with van der Waals surface area (Å²) in [6.07, 6.45) is 50.4. The summed E-state index contributed by atoms with van der Waals surface area (Å²) in [5.41, 5.74) is 0. The molecule has 3 unspecified atom stereocenters. The molecule has 0 saturated carbocycles. The van der Waals surface area contributed by atoms with Gasteiger partial charge < -0.3 is 20.6 Å². The Labute approximate surface area is 311 Å². The van der Waals surface area contributed by atoms with Gasteiger partial charge in [-0.3, -0.25) is 4.79 Å². The van der Waals surface area contributed by atoms with Crippen LogP contribution in [0, 0.1) is 0 Å². The minimum atomic E-state index is -1.11. The summed E-state index contributed by atoms with van der Waals surface area (Å²) >= 11 is 0. The van der Waals surface area contributed by atoms with Crippen LogP contribution in [0.4, 0.5) is 0 Å². The van der Waals surface area contributed by atoms with Crippen molar-refractivity contribution >= 4 is 5.91 Å². The van der Waals surface area contributed by atoms with Gasteiger partial charge in [0.25, 0.3) is 0 Å². The summed E-state index contributed by atoms with van der Waals surface area (Å²) in [4.78, 5) is 12.4. The number of hydrogen-bond donors (Lipinski definition) is 4. The third-order valence-corrected chi connectivity index (χ3v) is 9.96. The first-order valence-corrected chi connectivity index (χ1v) is 21.8. The van der Waals surface area contributed by atoms with Crippen molar-refractivity contribution in [1.29, 1.82) is 0 Å². The highest BCUT2D eigenvalue weighted by atomic mass is 16.3. The van der Waals surface area contributed by atoms with Crippen LogP contribution in [0.2, 0.25) is 0 Å². The molecule has 0 spiro atoms. The molecular weight excluding hydrogens is 618 g/mol. The molecule has 5 nitrogen and oxygen atoms in total. The summed E-state index contributed by atoms with van der Waals surface area (Å²) in [5.74, 6) is -0.516. The summed E-state index contributed by atoms with van der Waals surface area (Å²) in [6.45, 7) is 4.15. The van der Waals surface area contributed by atoms with E-state index in [0.717, 1.165) is 44.9 Å². The van der Waals surface area contributed by atoms with E-state index in [1.165, 1.54) is 154 Å². The number of unbranched alkanes of at least 4 members (excludes halogenated alkanes) is 27. The van der Waals surface area contributed by atoms with E-state index >= 15 is 0 Å². The van der Waals surface area contributed by atoms with E-state index in [0.29, 0.717) is 6.42 Å². The van der Waals surface area contributed by atoms with Crippen LogP contribution in [0.5, 0.6) is 0 Å². The molecule has 0 radical (unpaired) electrons. The number of allylic oxidation sites excluding steroid dienone is 5. The predicted octanol–water partition coefficient (Wildman–Crippen LogP) is 12.4. The second-order valence-corrected chi connectivity index (χ2v) is 14.9. The molecule has 294 valence electrons. The van der Waals surface area contributed by atoms with Crippen molar-refractivity contribution in [2.24, 2.45) is 0 Å². The summed E-state index contributed by atoms with van der Waals surface area (Å²) in [5, 5.41) is 33.1. The number of amides is 1. The zero-order valence-corrected chi connectivity index (χ0v) is 33.3. The van der Waals surface area contributed by atoms with Gasteiger partial charge in [-0.25, -0.2) is 0 Å². The number of nitrogens with one attached hydrogen (secondary N) is 1. The van der Waals surface area contributed by atoms with Gasteiger partial charge in [0.2, 0.25) is 5.91 Å². The fourth-order valence-electron chi connectivity index (χ4n) is 6.51. The van der Waals surface area contributed by atoms with Gasteiger partial charge in [0.05, 0.1) is 18.8 Å². The van der Waals surface area contributed by atoms with Crippen LogP contribution in [0.25, 0.3) is 0 Å². The Bertz CT molecular complexity index is 779. The maximum Gasteiger partial charge on any atom is 0.249 e. The third-order valence-electron chi connectivity index (χ3n) is 9.96. The second-order valence-electron chi connectivity index (χ2n) is 14.9. The predicted molar refractivity (Wildman–Crippen MR) is 218 cm³/mol. The van der Waals surface area contributed by atoms with Gasteiger partial charge in [0.15, 0.2) is 0 Å². The Hall–Kier alpha value is -1.43. The van der Waals surface area contributed by atoms with Crippen molar-refractivity contribution in [2.75, 3.05) is 6.61 Å². The molecule has 4 N–H and O–H groups in total. The fraction of sp³-hybridized carbons (Fsp3) is 0.844. The molecule has 0 heterocycles. The van der Waals surface area contributed by atoms with Crippen molar-refractivity contribution in [1.82, 2.24) is 5.32 Å². The van der Waals surface area contributed by atoms with Crippen LogP contribution in [0.15, 0.2) is 36.5 Å². The maximum atomic E-state index is 12.4. The average Bonchev–Trinajstić information content (AvgIpc) is 3.12. The van der Waals surface area contributed by atoms with Gasteiger partial charge in [0, 0.05) is 0 Å². The molecule has 0 aromatic carbocycles. The quantitative estimate of drug-likeness (QED) is 0.0379. The molecule has 0 aromatic heterocycles. The monoisotopic (exact) mass is 704 g/mol. The van der Waals surface area contributed by atoms with E-state index in [2.05, 4.69) is 43.5 Å². The minimum Gasteiger partial charge on any atom is -0.394 e. The lowest BCUT2D eigenvalue weighted by molar-refractivity contribution is -0.131. The standard InChI is InChI=1S/C45H85NO4/c1-3-5-7-9-11-13-15-17-19-20-21-22-23-24-25-26-28-30-32-34-36-38-40-44(49)45(50)46-42(41-47)43(48)39-37-35-33-31-29-27-18-16-14-12-10-8-6-4-2/h14,16,29,31,37,39,42-44,47-49H,3-13,15,17-28,30,32-36,38,40-41H2,1-2H3,(H,46,50)/b16-14+,31-29+,39-37+. The van der Waals surface area contributed by atoms with Crippen LogP contribution in [0.1, 0.15) is 219 Å². The number of hydrogen-bond acceptors (Lipinski definition) is 4. The van der Waals surface area contributed by atoms with E-state index < -0.39 is 24.2 Å². The number of carbonyl (C=O) groups is 1. The highest BCUT2D eigenvalue weighted by Gasteiger charge is 2.22. The molecule has 0 fully saturated rings. The molecular formula is C45H85NO4. The molecule has 0 aliphatic rings. The number of aliphatic hydroxyl groups excluding tert-OH is 3. The van der Waals surface area contributed by atoms with E-state index in [9.17, 15) is 20.1 Å². The first kappa shape index (κ1) is 48.6.